The SMILES string of the molecule is CC(C)CCNC(=O)CCN(C[C@@H]1CCCO1)C(=O)c1cnccn1. The molecule has 1 aromatic rings. The molecule has 0 aromatic carbocycles. The Morgan fingerprint density at radius 1 is 1.40 bits per heavy atom. The number of nitrogens with zero attached hydrogens (tertiary/aromatic N) is 3. The molecule has 1 atom stereocenters. The van der Waals surface area contributed by atoms with Crippen LogP contribution in [0.3, 0.4) is 0 Å². The third-order valence-electron chi connectivity index (χ3n) is 4.17. The van der Waals surface area contributed by atoms with E-state index in [0.717, 1.165) is 25.9 Å². The van der Waals surface area contributed by atoms with Gasteiger partial charge in [-0.15, -0.1) is 0 Å². The van der Waals surface area contributed by atoms with Crippen molar-refractivity contribution in [2.45, 2.75) is 45.6 Å². The van der Waals surface area contributed by atoms with E-state index in [1.807, 2.05) is 0 Å². The molecule has 1 saturated heterocycles. The first kappa shape index (κ1) is 19.3. The van der Waals surface area contributed by atoms with Crippen LogP contribution in [-0.2, 0) is 9.53 Å². The lowest BCUT2D eigenvalue weighted by molar-refractivity contribution is -0.121. The summed E-state index contributed by atoms with van der Waals surface area (Å²) in [5.74, 6) is 0.304. The monoisotopic (exact) mass is 348 g/mol. The zero-order chi connectivity index (χ0) is 18.1. The van der Waals surface area contributed by atoms with Gasteiger partial charge in [-0.05, 0) is 25.2 Å². The molecule has 0 radical (unpaired) electrons. The van der Waals surface area contributed by atoms with Gasteiger partial charge >= 0.3 is 0 Å². The van der Waals surface area contributed by atoms with E-state index in [0.29, 0.717) is 31.2 Å². The average Bonchev–Trinajstić information content (AvgIpc) is 3.11. The standard InChI is InChI=1S/C18H28N4O3/c1-14(2)5-7-21-17(23)6-10-22(13-15-4-3-11-25-15)18(24)16-12-19-8-9-20-16/h8-9,12,14-15H,3-7,10-11,13H2,1-2H3,(H,21,23)/t15-/m0/s1. The molecule has 7 nitrogen and oxygen atoms in total. The van der Waals surface area contributed by atoms with E-state index in [2.05, 4.69) is 29.1 Å². The lowest BCUT2D eigenvalue weighted by atomic mass is 10.1. The van der Waals surface area contributed by atoms with Crippen LogP contribution in [0.4, 0.5) is 0 Å². The van der Waals surface area contributed by atoms with Crippen LogP contribution in [0.25, 0.3) is 0 Å². The zero-order valence-electron chi connectivity index (χ0n) is 15.1. The fourth-order valence-electron chi connectivity index (χ4n) is 2.71. The van der Waals surface area contributed by atoms with Crippen LogP contribution < -0.4 is 5.32 Å². The number of carbonyl (C=O) groups is 2. The maximum absolute atomic E-state index is 12.7. The van der Waals surface area contributed by atoms with Crippen LogP contribution in [0.5, 0.6) is 0 Å². The van der Waals surface area contributed by atoms with Crippen LogP contribution in [-0.4, -0.2) is 59.0 Å². The Balaban J connectivity index is 1.89. The third-order valence-corrected chi connectivity index (χ3v) is 4.17. The number of nitrogens with one attached hydrogen (secondary N) is 1. The summed E-state index contributed by atoms with van der Waals surface area (Å²) in [5, 5.41) is 2.91. The minimum absolute atomic E-state index is 0.0321. The second-order valence-electron chi connectivity index (χ2n) is 6.76. The fourth-order valence-corrected chi connectivity index (χ4v) is 2.71. The smallest absolute Gasteiger partial charge is 0.274 e. The molecular weight excluding hydrogens is 320 g/mol. The second kappa shape index (κ2) is 10.1. The number of carbonyl (C=O) groups excluding carboxylic acids is 2. The van der Waals surface area contributed by atoms with Crippen molar-refractivity contribution < 1.29 is 14.3 Å². The minimum atomic E-state index is -0.210. The average molecular weight is 348 g/mol. The number of hydrogen-bond donors (Lipinski definition) is 1. The molecule has 7 heteroatoms. The molecule has 1 N–H and O–H groups in total. The summed E-state index contributed by atoms with van der Waals surface area (Å²) >= 11 is 0. The Bertz CT molecular complexity index is 545. The van der Waals surface area contributed by atoms with Gasteiger partial charge in [-0.3, -0.25) is 14.6 Å². The van der Waals surface area contributed by atoms with Crippen molar-refractivity contribution in [3.05, 3.63) is 24.3 Å². The lowest BCUT2D eigenvalue weighted by Gasteiger charge is -2.25. The maximum Gasteiger partial charge on any atom is 0.274 e. The van der Waals surface area contributed by atoms with E-state index < -0.39 is 0 Å². The van der Waals surface area contributed by atoms with Gasteiger partial charge in [-0.1, -0.05) is 13.8 Å². The van der Waals surface area contributed by atoms with Crippen molar-refractivity contribution in [3.63, 3.8) is 0 Å². The van der Waals surface area contributed by atoms with Crippen LogP contribution >= 0.6 is 0 Å². The molecule has 0 bridgehead atoms. The molecule has 0 saturated carbocycles. The van der Waals surface area contributed by atoms with Crippen molar-refractivity contribution in [2.24, 2.45) is 5.92 Å². The summed E-state index contributed by atoms with van der Waals surface area (Å²) in [6.07, 6.45) is 7.68. The largest absolute Gasteiger partial charge is 0.376 e. The van der Waals surface area contributed by atoms with Gasteiger partial charge in [0.25, 0.3) is 5.91 Å². The Labute approximate surface area is 149 Å². The molecule has 25 heavy (non-hydrogen) atoms. The van der Waals surface area contributed by atoms with E-state index in [1.165, 1.54) is 18.6 Å². The Morgan fingerprint density at radius 2 is 2.24 bits per heavy atom. The highest BCUT2D eigenvalue weighted by Crippen LogP contribution is 2.15. The van der Waals surface area contributed by atoms with Crippen molar-refractivity contribution in [3.8, 4) is 0 Å². The van der Waals surface area contributed by atoms with Gasteiger partial charge < -0.3 is 15.0 Å². The molecule has 0 spiro atoms. The quantitative estimate of drug-likeness (QED) is 0.733. The molecule has 2 amide bonds. The Morgan fingerprint density at radius 3 is 2.88 bits per heavy atom. The fraction of sp³-hybridized carbons (Fsp3) is 0.667. The predicted molar refractivity (Wildman–Crippen MR) is 94.0 cm³/mol. The highest BCUT2D eigenvalue weighted by atomic mass is 16.5. The lowest BCUT2D eigenvalue weighted by Crippen LogP contribution is -2.40. The van der Waals surface area contributed by atoms with Crippen molar-refractivity contribution in [1.29, 1.82) is 0 Å². The topological polar surface area (TPSA) is 84.4 Å². The molecule has 0 aliphatic carbocycles. The molecular formula is C18H28N4O3. The zero-order valence-corrected chi connectivity index (χ0v) is 15.1. The van der Waals surface area contributed by atoms with E-state index in [4.69, 9.17) is 4.74 Å². The summed E-state index contributed by atoms with van der Waals surface area (Å²) in [6.45, 7) is 6.47. The number of rotatable bonds is 9. The molecule has 0 unspecified atom stereocenters. The summed E-state index contributed by atoms with van der Waals surface area (Å²) in [5.41, 5.74) is 0.292. The molecule has 2 heterocycles. The number of ether oxygens (including phenoxy) is 1. The van der Waals surface area contributed by atoms with E-state index >= 15 is 0 Å². The molecule has 1 aliphatic heterocycles. The highest BCUT2D eigenvalue weighted by Gasteiger charge is 2.24. The maximum atomic E-state index is 12.7. The summed E-state index contributed by atoms with van der Waals surface area (Å²) in [4.78, 5) is 34.4. The van der Waals surface area contributed by atoms with Crippen molar-refractivity contribution in [2.75, 3.05) is 26.2 Å². The van der Waals surface area contributed by atoms with Gasteiger partial charge in [-0.2, -0.15) is 0 Å². The van der Waals surface area contributed by atoms with Crippen LogP contribution in [0.1, 0.15) is 50.0 Å². The summed E-state index contributed by atoms with van der Waals surface area (Å²) in [6, 6.07) is 0. The number of amides is 2. The van der Waals surface area contributed by atoms with E-state index in [-0.39, 0.29) is 24.3 Å². The molecule has 2 rings (SSSR count). The normalized spacial score (nSPS) is 16.8. The molecule has 138 valence electrons. The van der Waals surface area contributed by atoms with E-state index in [9.17, 15) is 9.59 Å². The Kier molecular flexibility index (Phi) is 7.78. The molecule has 1 aliphatic rings. The number of hydrogen-bond acceptors (Lipinski definition) is 5. The summed E-state index contributed by atoms with van der Waals surface area (Å²) < 4.78 is 5.64. The van der Waals surface area contributed by atoms with Gasteiger partial charge in [0.1, 0.15) is 5.69 Å². The highest BCUT2D eigenvalue weighted by molar-refractivity contribution is 5.92. The third kappa shape index (κ3) is 6.78. The van der Waals surface area contributed by atoms with E-state index in [1.54, 1.807) is 4.90 Å². The summed E-state index contributed by atoms with van der Waals surface area (Å²) in [7, 11) is 0. The molecule has 1 aromatic heterocycles. The van der Waals surface area contributed by atoms with Gasteiger partial charge in [0.2, 0.25) is 5.91 Å². The van der Waals surface area contributed by atoms with Gasteiger partial charge in [0, 0.05) is 45.1 Å². The van der Waals surface area contributed by atoms with Crippen LogP contribution in [0.15, 0.2) is 18.6 Å². The first-order valence-electron chi connectivity index (χ1n) is 9.00. The van der Waals surface area contributed by atoms with Crippen LogP contribution in [0.2, 0.25) is 0 Å². The predicted octanol–water partition coefficient (Wildman–Crippen LogP) is 1.65. The number of aromatic nitrogens is 2. The van der Waals surface area contributed by atoms with Gasteiger partial charge in [0.05, 0.1) is 12.3 Å². The Hall–Kier alpha value is -2.02. The minimum Gasteiger partial charge on any atom is -0.376 e. The van der Waals surface area contributed by atoms with Crippen molar-refractivity contribution >= 4 is 11.8 Å². The first-order valence-corrected chi connectivity index (χ1v) is 9.00. The second-order valence-corrected chi connectivity index (χ2v) is 6.76. The van der Waals surface area contributed by atoms with Crippen molar-refractivity contribution in [1.82, 2.24) is 20.2 Å². The first-order chi connectivity index (χ1) is 12.1. The molecule has 1 fully saturated rings. The van der Waals surface area contributed by atoms with Crippen LogP contribution in [0, 0.1) is 5.92 Å². The van der Waals surface area contributed by atoms with Gasteiger partial charge in [0.15, 0.2) is 0 Å². The van der Waals surface area contributed by atoms with Gasteiger partial charge in [-0.25, -0.2) is 4.98 Å².